The lowest BCUT2D eigenvalue weighted by molar-refractivity contribution is 0.597. The molecule has 4 rings (SSSR count). The van der Waals surface area contributed by atoms with Gasteiger partial charge in [-0.15, -0.1) is 0 Å². The molecule has 4 aromatic rings. The molecule has 2 N–H and O–H groups in total. The van der Waals surface area contributed by atoms with E-state index in [1.165, 1.54) is 5.39 Å². The van der Waals surface area contributed by atoms with Crippen LogP contribution in [-0.2, 0) is 16.3 Å². The van der Waals surface area contributed by atoms with Crippen LogP contribution in [-0.4, -0.2) is 35.7 Å². The van der Waals surface area contributed by atoms with Crippen LogP contribution < -0.4 is 5.32 Å². The SMILES string of the molecule is CCS(=O)(=O)c1ccc2nc(NCCc3cc4ccccc4[nH]3)ncc2c1. The number of fused-ring (bicyclic) bond motifs is 2. The highest BCUT2D eigenvalue weighted by Gasteiger charge is 2.12. The lowest BCUT2D eigenvalue weighted by Gasteiger charge is -2.06. The zero-order valence-electron chi connectivity index (χ0n) is 14.9. The Labute approximate surface area is 157 Å². The van der Waals surface area contributed by atoms with Crippen LogP contribution in [0.1, 0.15) is 12.6 Å². The molecule has 0 radical (unpaired) electrons. The first kappa shape index (κ1) is 17.5. The van der Waals surface area contributed by atoms with Crippen molar-refractivity contribution < 1.29 is 8.42 Å². The highest BCUT2D eigenvalue weighted by molar-refractivity contribution is 7.91. The third kappa shape index (κ3) is 3.64. The molecular formula is C20H20N4O2S. The Bertz CT molecular complexity index is 1180. The number of anilines is 1. The highest BCUT2D eigenvalue weighted by Crippen LogP contribution is 2.19. The Kier molecular flexibility index (Phi) is 4.53. The molecule has 6 nitrogen and oxygen atoms in total. The third-order valence-corrected chi connectivity index (χ3v) is 6.29. The van der Waals surface area contributed by atoms with Gasteiger partial charge in [0.05, 0.1) is 16.2 Å². The maximum absolute atomic E-state index is 12.0. The molecule has 0 spiro atoms. The van der Waals surface area contributed by atoms with E-state index in [1.54, 1.807) is 31.3 Å². The minimum atomic E-state index is -3.23. The summed E-state index contributed by atoms with van der Waals surface area (Å²) in [5, 5.41) is 5.14. The quantitative estimate of drug-likeness (QED) is 0.534. The minimum absolute atomic E-state index is 0.0761. The van der Waals surface area contributed by atoms with Crippen LogP contribution in [0, 0.1) is 0 Å². The molecule has 0 aliphatic carbocycles. The average molecular weight is 380 g/mol. The van der Waals surface area contributed by atoms with E-state index >= 15 is 0 Å². The smallest absolute Gasteiger partial charge is 0.223 e. The fourth-order valence-electron chi connectivity index (χ4n) is 3.03. The van der Waals surface area contributed by atoms with Crippen LogP contribution in [0.4, 0.5) is 5.95 Å². The highest BCUT2D eigenvalue weighted by atomic mass is 32.2. The van der Waals surface area contributed by atoms with Crippen molar-refractivity contribution >= 4 is 37.6 Å². The van der Waals surface area contributed by atoms with Crippen LogP contribution in [0.5, 0.6) is 0 Å². The topological polar surface area (TPSA) is 87.7 Å². The summed E-state index contributed by atoms with van der Waals surface area (Å²) in [5.41, 5.74) is 3.00. The van der Waals surface area contributed by atoms with E-state index < -0.39 is 9.84 Å². The van der Waals surface area contributed by atoms with Gasteiger partial charge in [0, 0.05) is 35.8 Å². The summed E-state index contributed by atoms with van der Waals surface area (Å²) in [4.78, 5) is 12.5. The predicted octanol–water partition coefficient (Wildman–Crippen LogP) is 3.56. The van der Waals surface area contributed by atoms with Crippen molar-refractivity contribution in [3.63, 3.8) is 0 Å². The lowest BCUT2D eigenvalue weighted by Crippen LogP contribution is -2.08. The van der Waals surface area contributed by atoms with Crippen LogP contribution >= 0.6 is 0 Å². The van der Waals surface area contributed by atoms with Gasteiger partial charge >= 0.3 is 0 Å². The Morgan fingerprint density at radius 3 is 2.74 bits per heavy atom. The molecule has 0 amide bonds. The number of para-hydroxylation sites is 1. The van der Waals surface area contributed by atoms with Gasteiger partial charge in [-0.2, -0.15) is 0 Å². The first-order valence-corrected chi connectivity index (χ1v) is 10.5. The molecule has 0 aliphatic heterocycles. The second-order valence-electron chi connectivity index (χ2n) is 6.38. The van der Waals surface area contributed by atoms with E-state index in [0.717, 1.165) is 17.6 Å². The van der Waals surface area contributed by atoms with Gasteiger partial charge in [0.2, 0.25) is 5.95 Å². The molecular weight excluding hydrogens is 360 g/mol. The molecule has 0 aliphatic rings. The molecule has 0 unspecified atom stereocenters. The number of hydrogen-bond donors (Lipinski definition) is 2. The largest absolute Gasteiger partial charge is 0.358 e. The molecule has 2 aromatic heterocycles. The summed E-state index contributed by atoms with van der Waals surface area (Å²) in [6.07, 6.45) is 2.48. The summed E-state index contributed by atoms with van der Waals surface area (Å²) in [7, 11) is -3.23. The fraction of sp³-hybridized carbons (Fsp3) is 0.200. The molecule has 2 aromatic carbocycles. The summed E-state index contributed by atoms with van der Waals surface area (Å²) < 4.78 is 24.0. The molecule has 0 atom stereocenters. The number of nitrogens with zero attached hydrogens (tertiary/aromatic N) is 2. The molecule has 27 heavy (non-hydrogen) atoms. The Hall–Kier alpha value is -2.93. The van der Waals surface area contributed by atoms with Crippen molar-refractivity contribution in [3.05, 3.63) is 60.4 Å². The second kappa shape index (κ2) is 7.00. The fourth-order valence-corrected chi connectivity index (χ4v) is 3.95. The van der Waals surface area contributed by atoms with Crippen LogP contribution in [0.15, 0.2) is 59.6 Å². The van der Waals surface area contributed by atoms with E-state index in [1.807, 2.05) is 12.1 Å². The number of benzene rings is 2. The van der Waals surface area contributed by atoms with Gasteiger partial charge in [0.15, 0.2) is 9.84 Å². The number of aromatic nitrogens is 3. The summed E-state index contributed by atoms with van der Waals surface area (Å²) in [5.74, 6) is 0.608. The predicted molar refractivity (Wildman–Crippen MR) is 108 cm³/mol. The molecule has 0 saturated heterocycles. The number of hydrogen-bond acceptors (Lipinski definition) is 5. The van der Waals surface area contributed by atoms with Crippen molar-refractivity contribution in [2.45, 2.75) is 18.2 Å². The molecule has 2 heterocycles. The first-order chi connectivity index (χ1) is 13.0. The maximum atomic E-state index is 12.0. The van der Waals surface area contributed by atoms with Gasteiger partial charge in [-0.3, -0.25) is 0 Å². The van der Waals surface area contributed by atoms with Gasteiger partial charge in [0.1, 0.15) is 0 Å². The zero-order valence-corrected chi connectivity index (χ0v) is 15.8. The number of rotatable bonds is 6. The molecule has 0 bridgehead atoms. The standard InChI is InChI=1S/C20H20N4O2S/c1-2-27(25,26)17-7-8-19-15(12-17)13-22-20(24-19)21-10-9-16-11-14-5-3-4-6-18(14)23-16/h3-8,11-13,23H,2,9-10H2,1H3,(H,21,22,24). The molecule has 138 valence electrons. The van der Waals surface area contributed by atoms with Crippen molar-refractivity contribution in [3.8, 4) is 0 Å². The van der Waals surface area contributed by atoms with Gasteiger partial charge in [-0.05, 0) is 35.7 Å². The van der Waals surface area contributed by atoms with Crippen molar-refractivity contribution in [1.82, 2.24) is 15.0 Å². The van der Waals surface area contributed by atoms with Crippen LogP contribution in [0.25, 0.3) is 21.8 Å². The zero-order chi connectivity index (χ0) is 18.9. The lowest BCUT2D eigenvalue weighted by atomic mass is 10.2. The second-order valence-corrected chi connectivity index (χ2v) is 8.65. The monoisotopic (exact) mass is 380 g/mol. The molecule has 0 fully saturated rings. The van der Waals surface area contributed by atoms with E-state index in [0.29, 0.717) is 28.3 Å². The van der Waals surface area contributed by atoms with Gasteiger partial charge in [-0.1, -0.05) is 25.1 Å². The minimum Gasteiger partial charge on any atom is -0.358 e. The normalized spacial score (nSPS) is 11.9. The summed E-state index contributed by atoms with van der Waals surface area (Å²) in [6.45, 7) is 2.33. The molecule has 7 heteroatoms. The Morgan fingerprint density at radius 2 is 1.93 bits per heavy atom. The molecule has 0 saturated carbocycles. The number of aromatic amines is 1. The summed E-state index contributed by atoms with van der Waals surface area (Å²) in [6, 6.07) is 15.3. The first-order valence-electron chi connectivity index (χ1n) is 8.85. The average Bonchev–Trinajstić information content (AvgIpc) is 3.10. The van der Waals surface area contributed by atoms with Crippen molar-refractivity contribution in [2.24, 2.45) is 0 Å². The van der Waals surface area contributed by atoms with Gasteiger partial charge in [-0.25, -0.2) is 18.4 Å². The Balaban J connectivity index is 1.46. The van der Waals surface area contributed by atoms with E-state index in [2.05, 4.69) is 38.5 Å². The number of nitrogens with one attached hydrogen (secondary N) is 2. The van der Waals surface area contributed by atoms with Crippen molar-refractivity contribution in [1.29, 1.82) is 0 Å². The van der Waals surface area contributed by atoms with E-state index in [-0.39, 0.29) is 5.75 Å². The number of sulfone groups is 1. The Morgan fingerprint density at radius 1 is 1.07 bits per heavy atom. The van der Waals surface area contributed by atoms with Gasteiger partial charge < -0.3 is 10.3 Å². The maximum Gasteiger partial charge on any atom is 0.223 e. The van der Waals surface area contributed by atoms with Gasteiger partial charge in [0.25, 0.3) is 0 Å². The van der Waals surface area contributed by atoms with Crippen molar-refractivity contribution in [2.75, 3.05) is 17.6 Å². The number of H-pyrrole nitrogens is 1. The third-order valence-electron chi connectivity index (χ3n) is 4.55. The van der Waals surface area contributed by atoms with Crippen LogP contribution in [0.3, 0.4) is 0 Å². The van der Waals surface area contributed by atoms with Crippen LogP contribution in [0.2, 0.25) is 0 Å². The van der Waals surface area contributed by atoms with E-state index in [4.69, 9.17) is 0 Å². The van der Waals surface area contributed by atoms with E-state index in [9.17, 15) is 8.42 Å². The summed E-state index contributed by atoms with van der Waals surface area (Å²) >= 11 is 0.